The van der Waals surface area contributed by atoms with Gasteiger partial charge >= 0.3 is 0 Å². The maximum absolute atomic E-state index is 12.4. The first-order chi connectivity index (χ1) is 25.3. The Balaban J connectivity index is 0.000000201. The number of benzene rings is 4. The SMILES string of the molecule is COc1cc(N=Nc2ccccn2)ccc1NC(=O)c1ccccc1Cl.COc1cc(N=Nc2ccccn2)ccc1NC(=O)c1ccccc1Cl. The van der Waals surface area contributed by atoms with E-state index in [1.54, 1.807) is 122 Å². The van der Waals surface area contributed by atoms with E-state index in [2.05, 4.69) is 41.1 Å². The smallest absolute Gasteiger partial charge is 0.257 e. The highest BCUT2D eigenvalue weighted by Gasteiger charge is 2.14. The number of methoxy groups -OCH3 is 2. The summed E-state index contributed by atoms with van der Waals surface area (Å²) >= 11 is 12.1. The molecule has 0 aliphatic rings. The minimum Gasteiger partial charge on any atom is -0.494 e. The molecule has 0 atom stereocenters. The second-order valence-corrected chi connectivity index (χ2v) is 11.2. The molecule has 14 heteroatoms. The molecule has 0 radical (unpaired) electrons. The van der Waals surface area contributed by atoms with Crippen LogP contribution in [0.1, 0.15) is 20.7 Å². The quantitative estimate of drug-likeness (QED) is 0.134. The number of rotatable bonds is 10. The molecule has 0 saturated heterocycles. The van der Waals surface area contributed by atoms with E-state index < -0.39 is 0 Å². The molecule has 0 aliphatic carbocycles. The summed E-state index contributed by atoms with van der Waals surface area (Å²) in [6.07, 6.45) is 3.28. The van der Waals surface area contributed by atoms with E-state index in [0.29, 0.717) is 67.1 Å². The zero-order valence-electron chi connectivity index (χ0n) is 27.8. The molecule has 0 fully saturated rings. The third-order valence-corrected chi connectivity index (χ3v) is 7.60. The number of carbonyl (C=O) groups is 2. The van der Waals surface area contributed by atoms with Gasteiger partial charge in [0.05, 0.1) is 58.1 Å². The van der Waals surface area contributed by atoms with Crippen LogP contribution in [-0.2, 0) is 0 Å². The van der Waals surface area contributed by atoms with Crippen molar-refractivity contribution >= 4 is 69.4 Å². The fourth-order valence-corrected chi connectivity index (χ4v) is 4.85. The first-order valence-corrected chi connectivity index (χ1v) is 16.2. The van der Waals surface area contributed by atoms with E-state index in [9.17, 15) is 9.59 Å². The number of amides is 2. The van der Waals surface area contributed by atoms with Gasteiger partial charge in [0.1, 0.15) is 11.5 Å². The minimum absolute atomic E-state index is 0.322. The van der Waals surface area contributed by atoms with Crippen LogP contribution in [0.2, 0.25) is 10.0 Å². The van der Waals surface area contributed by atoms with Gasteiger partial charge in [0.15, 0.2) is 11.6 Å². The van der Waals surface area contributed by atoms with Crippen molar-refractivity contribution in [2.45, 2.75) is 0 Å². The molecule has 4 aromatic carbocycles. The molecule has 12 nitrogen and oxygen atoms in total. The molecule has 260 valence electrons. The van der Waals surface area contributed by atoms with Crippen LogP contribution in [0.5, 0.6) is 11.5 Å². The largest absolute Gasteiger partial charge is 0.494 e. The van der Waals surface area contributed by atoms with Crippen molar-refractivity contribution in [2.24, 2.45) is 20.5 Å². The molecule has 0 saturated carbocycles. The maximum Gasteiger partial charge on any atom is 0.257 e. The summed E-state index contributed by atoms with van der Waals surface area (Å²) in [6.45, 7) is 0. The maximum atomic E-state index is 12.4. The Hall–Kier alpha value is -6.50. The molecule has 6 aromatic rings. The standard InChI is InChI=1S/2C19H15ClN4O2/c2*1-26-17-12-13(23-24-18-8-4-5-11-21-18)9-10-16(17)22-19(25)14-6-2-3-7-15(14)20/h2*2-12H,1H3,(H,22,25). The van der Waals surface area contributed by atoms with Gasteiger partial charge in [-0.25, -0.2) is 9.97 Å². The van der Waals surface area contributed by atoms with Gasteiger partial charge < -0.3 is 20.1 Å². The Morgan fingerprint density at radius 3 is 1.31 bits per heavy atom. The molecule has 0 aliphatic heterocycles. The van der Waals surface area contributed by atoms with Gasteiger partial charge in [-0.05, 0) is 72.8 Å². The molecule has 6 rings (SSSR count). The summed E-state index contributed by atoms with van der Waals surface area (Å²) < 4.78 is 10.7. The first-order valence-electron chi connectivity index (χ1n) is 15.5. The third kappa shape index (κ3) is 10.3. The topological polar surface area (TPSA) is 152 Å². The number of pyridine rings is 2. The highest BCUT2D eigenvalue weighted by Crippen LogP contribution is 2.32. The fourth-order valence-electron chi connectivity index (χ4n) is 4.40. The van der Waals surface area contributed by atoms with E-state index in [0.717, 1.165) is 0 Å². The highest BCUT2D eigenvalue weighted by molar-refractivity contribution is 6.35. The normalized spacial score (nSPS) is 10.7. The summed E-state index contributed by atoms with van der Waals surface area (Å²) in [6, 6.07) is 34.6. The van der Waals surface area contributed by atoms with Crippen LogP contribution < -0.4 is 20.1 Å². The van der Waals surface area contributed by atoms with Crippen molar-refractivity contribution in [3.05, 3.63) is 155 Å². The Bertz CT molecular complexity index is 2050. The Morgan fingerprint density at radius 1 is 0.538 bits per heavy atom. The van der Waals surface area contributed by atoms with Crippen LogP contribution in [0.3, 0.4) is 0 Å². The molecule has 2 N–H and O–H groups in total. The van der Waals surface area contributed by atoms with Crippen molar-refractivity contribution in [1.82, 2.24) is 9.97 Å². The van der Waals surface area contributed by atoms with Crippen molar-refractivity contribution in [3.63, 3.8) is 0 Å². The summed E-state index contributed by atoms with van der Waals surface area (Å²) in [7, 11) is 3.03. The van der Waals surface area contributed by atoms with Crippen molar-refractivity contribution in [2.75, 3.05) is 24.9 Å². The second-order valence-electron chi connectivity index (χ2n) is 10.4. The molecule has 0 unspecified atom stereocenters. The molecule has 2 amide bonds. The number of azo groups is 2. The van der Waals surface area contributed by atoms with Gasteiger partial charge in [-0.15, -0.1) is 20.5 Å². The van der Waals surface area contributed by atoms with Crippen LogP contribution in [-0.4, -0.2) is 36.0 Å². The van der Waals surface area contributed by atoms with Crippen molar-refractivity contribution < 1.29 is 19.1 Å². The number of ether oxygens (including phenoxy) is 2. The highest BCUT2D eigenvalue weighted by atomic mass is 35.5. The number of nitrogens with one attached hydrogen (secondary N) is 2. The Morgan fingerprint density at radius 2 is 0.942 bits per heavy atom. The predicted octanol–water partition coefficient (Wildman–Crippen LogP) is 10.8. The predicted molar refractivity (Wildman–Crippen MR) is 202 cm³/mol. The molecule has 0 bridgehead atoms. The van der Waals surface area contributed by atoms with Crippen LogP contribution in [0.15, 0.2) is 154 Å². The lowest BCUT2D eigenvalue weighted by Gasteiger charge is -2.11. The van der Waals surface area contributed by atoms with Gasteiger partial charge in [-0.2, -0.15) is 0 Å². The van der Waals surface area contributed by atoms with E-state index in [1.165, 1.54) is 14.2 Å². The Labute approximate surface area is 309 Å². The molecular formula is C38H30Cl2N8O4. The van der Waals surface area contributed by atoms with Crippen LogP contribution in [0, 0.1) is 0 Å². The van der Waals surface area contributed by atoms with E-state index in [1.807, 2.05) is 12.1 Å². The van der Waals surface area contributed by atoms with E-state index in [-0.39, 0.29) is 11.8 Å². The third-order valence-electron chi connectivity index (χ3n) is 6.94. The van der Waals surface area contributed by atoms with Gasteiger partial charge in [-0.3, -0.25) is 9.59 Å². The lowest BCUT2D eigenvalue weighted by Crippen LogP contribution is -2.13. The summed E-state index contributed by atoms with van der Waals surface area (Å²) in [5, 5.41) is 22.7. The van der Waals surface area contributed by atoms with Crippen LogP contribution >= 0.6 is 23.2 Å². The lowest BCUT2D eigenvalue weighted by molar-refractivity contribution is 0.101. The van der Waals surface area contributed by atoms with Gasteiger partial charge in [-0.1, -0.05) is 59.6 Å². The monoisotopic (exact) mass is 732 g/mol. The van der Waals surface area contributed by atoms with Crippen LogP contribution in [0.25, 0.3) is 0 Å². The number of nitrogens with zero attached hydrogens (tertiary/aromatic N) is 6. The number of aromatic nitrogens is 2. The number of hydrogen-bond donors (Lipinski definition) is 2. The fraction of sp³-hybridized carbons (Fsp3) is 0.0526. The first kappa shape index (κ1) is 36.8. The van der Waals surface area contributed by atoms with Crippen molar-refractivity contribution in [3.8, 4) is 11.5 Å². The molecule has 0 spiro atoms. The summed E-state index contributed by atoms with van der Waals surface area (Å²) in [4.78, 5) is 32.9. The number of carbonyl (C=O) groups excluding carboxylic acids is 2. The average molecular weight is 734 g/mol. The zero-order valence-corrected chi connectivity index (χ0v) is 29.3. The molecule has 2 aromatic heterocycles. The summed E-state index contributed by atoms with van der Waals surface area (Å²) in [5.41, 5.74) is 2.93. The van der Waals surface area contributed by atoms with Gasteiger partial charge in [0.25, 0.3) is 11.8 Å². The van der Waals surface area contributed by atoms with Gasteiger partial charge in [0, 0.05) is 24.5 Å². The average Bonchev–Trinajstić information content (AvgIpc) is 3.18. The number of halogens is 2. The zero-order chi connectivity index (χ0) is 36.7. The van der Waals surface area contributed by atoms with E-state index in [4.69, 9.17) is 32.7 Å². The van der Waals surface area contributed by atoms with E-state index >= 15 is 0 Å². The summed E-state index contributed by atoms with van der Waals surface area (Å²) in [5.74, 6) is 1.28. The second kappa shape index (κ2) is 18.5. The van der Waals surface area contributed by atoms with Crippen molar-refractivity contribution in [1.29, 1.82) is 0 Å². The number of anilines is 2. The lowest BCUT2D eigenvalue weighted by atomic mass is 10.2. The molecule has 52 heavy (non-hydrogen) atoms. The molecule has 2 heterocycles. The molecular weight excluding hydrogens is 703 g/mol. The number of hydrogen-bond acceptors (Lipinski definition) is 10. The van der Waals surface area contributed by atoms with Gasteiger partial charge in [0.2, 0.25) is 0 Å². The van der Waals surface area contributed by atoms with Crippen LogP contribution in [0.4, 0.5) is 34.4 Å². The Kier molecular flexibility index (Phi) is 13.1. The minimum atomic E-state index is -0.322.